The Morgan fingerprint density at radius 3 is 2.44 bits per heavy atom. The molecule has 0 unspecified atom stereocenters. The van der Waals surface area contributed by atoms with Crippen molar-refractivity contribution in [1.82, 2.24) is 4.90 Å². The maximum absolute atomic E-state index is 9.16. The molecule has 1 aliphatic rings. The van der Waals surface area contributed by atoms with Crippen LogP contribution in [0.5, 0.6) is 0 Å². The van der Waals surface area contributed by atoms with Crippen LogP contribution in [-0.4, -0.2) is 41.4 Å². The minimum absolute atomic E-state index is 0.00204. The van der Waals surface area contributed by atoms with Crippen LogP contribution in [0.15, 0.2) is 18.2 Å². The summed E-state index contributed by atoms with van der Waals surface area (Å²) in [6, 6.07) is 6.54. The van der Waals surface area contributed by atoms with Crippen LogP contribution >= 0.6 is 0 Å². The zero-order valence-electron chi connectivity index (χ0n) is 11.1. The van der Waals surface area contributed by atoms with Gasteiger partial charge in [-0.25, -0.2) is 0 Å². The monoisotopic (exact) mass is 249 g/mol. The summed E-state index contributed by atoms with van der Waals surface area (Å²) in [6.45, 7) is 0.773. The normalized spacial score (nSPS) is 15.2. The highest BCUT2D eigenvalue weighted by Gasteiger charge is 2.14. The molecule has 18 heavy (non-hydrogen) atoms. The molecule has 1 aliphatic carbocycles. The van der Waals surface area contributed by atoms with Crippen molar-refractivity contribution in [2.75, 3.05) is 20.3 Å². The first-order valence-electron chi connectivity index (χ1n) is 6.77. The third-order valence-corrected chi connectivity index (χ3v) is 3.89. The molecule has 0 fully saturated rings. The highest BCUT2D eigenvalue weighted by molar-refractivity contribution is 5.33. The molecule has 1 aromatic rings. The second-order valence-corrected chi connectivity index (χ2v) is 5.24. The zero-order chi connectivity index (χ0) is 13.0. The molecule has 0 spiro atoms. The minimum atomic E-state index is -0.166. The Morgan fingerprint density at radius 2 is 1.78 bits per heavy atom. The van der Waals surface area contributed by atoms with Crippen molar-refractivity contribution in [1.29, 1.82) is 0 Å². The third kappa shape index (κ3) is 3.10. The molecule has 2 N–H and O–H groups in total. The van der Waals surface area contributed by atoms with Gasteiger partial charge in [-0.3, -0.25) is 4.90 Å². The first-order chi connectivity index (χ1) is 8.74. The fraction of sp³-hybridized carbons (Fsp3) is 0.600. The van der Waals surface area contributed by atoms with E-state index in [9.17, 15) is 0 Å². The molecule has 0 saturated heterocycles. The van der Waals surface area contributed by atoms with Gasteiger partial charge in [0.2, 0.25) is 0 Å². The van der Waals surface area contributed by atoms with E-state index in [0.717, 1.165) is 6.54 Å². The summed E-state index contributed by atoms with van der Waals surface area (Å²) in [5.41, 5.74) is 4.25. The first-order valence-corrected chi connectivity index (χ1v) is 6.77. The van der Waals surface area contributed by atoms with Crippen molar-refractivity contribution >= 4 is 0 Å². The van der Waals surface area contributed by atoms with Crippen molar-refractivity contribution in [3.8, 4) is 0 Å². The molecule has 0 atom stereocenters. The number of rotatable bonds is 5. The number of aliphatic hydroxyl groups is 2. The van der Waals surface area contributed by atoms with E-state index in [-0.39, 0.29) is 19.3 Å². The largest absolute Gasteiger partial charge is 0.395 e. The number of likely N-dealkylation sites (N-methyl/N-ethyl adjacent to an activating group) is 1. The van der Waals surface area contributed by atoms with Crippen LogP contribution < -0.4 is 0 Å². The molecular formula is C15H23NO2. The molecule has 0 radical (unpaired) electrons. The van der Waals surface area contributed by atoms with Crippen LogP contribution in [0.2, 0.25) is 0 Å². The fourth-order valence-corrected chi connectivity index (χ4v) is 2.64. The SMILES string of the molecule is CN(Cc1ccc2c(c1)CCCC2)C(CO)CO. The number of aliphatic hydroxyl groups excluding tert-OH is 2. The lowest BCUT2D eigenvalue weighted by molar-refractivity contribution is 0.0873. The van der Waals surface area contributed by atoms with E-state index in [1.54, 1.807) is 0 Å². The topological polar surface area (TPSA) is 43.7 Å². The maximum atomic E-state index is 9.16. The lowest BCUT2D eigenvalue weighted by Crippen LogP contribution is -2.37. The van der Waals surface area contributed by atoms with Gasteiger partial charge in [0.1, 0.15) is 0 Å². The van der Waals surface area contributed by atoms with Gasteiger partial charge in [-0.2, -0.15) is 0 Å². The summed E-state index contributed by atoms with van der Waals surface area (Å²) in [5, 5.41) is 18.3. The molecule has 100 valence electrons. The van der Waals surface area contributed by atoms with Gasteiger partial charge < -0.3 is 10.2 Å². The van der Waals surface area contributed by atoms with Gasteiger partial charge in [-0.15, -0.1) is 0 Å². The van der Waals surface area contributed by atoms with Crippen molar-refractivity contribution in [3.05, 3.63) is 34.9 Å². The molecule has 0 heterocycles. The number of benzene rings is 1. The van der Waals surface area contributed by atoms with Gasteiger partial charge in [0.05, 0.1) is 19.3 Å². The molecule has 0 amide bonds. The quantitative estimate of drug-likeness (QED) is 0.828. The second-order valence-electron chi connectivity index (χ2n) is 5.24. The summed E-state index contributed by atoms with van der Waals surface area (Å²) < 4.78 is 0. The molecule has 3 nitrogen and oxygen atoms in total. The van der Waals surface area contributed by atoms with E-state index in [4.69, 9.17) is 10.2 Å². The first kappa shape index (κ1) is 13.5. The summed E-state index contributed by atoms with van der Waals surface area (Å²) in [6.07, 6.45) is 5.00. The van der Waals surface area contributed by atoms with Crippen LogP contribution in [0.25, 0.3) is 0 Å². The maximum Gasteiger partial charge on any atom is 0.0609 e. The van der Waals surface area contributed by atoms with Gasteiger partial charge in [0.15, 0.2) is 0 Å². The van der Waals surface area contributed by atoms with Crippen LogP contribution in [0, 0.1) is 0 Å². The summed E-state index contributed by atoms with van der Waals surface area (Å²) >= 11 is 0. The fourth-order valence-electron chi connectivity index (χ4n) is 2.64. The molecular weight excluding hydrogens is 226 g/mol. The predicted molar refractivity (Wildman–Crippen MR) is 72.5 cm³/mol. The van der Waals surface area contributed by atoms with Gasteiger partial charge in [0, 0.05) is 6.54 Å². The van der Waals surface area contributed by atoms with Crippen molar-refractivity contribution in [2.24, 2.45) is 0 Å². The van der Waals surface area contributed by atoms with Gasteiger partial charge in [-0.05, 0) is 49.4 Å². The Kier molecular flexibility index (Phi) is 4.75. The van der Waals surface area contributed by atoms with Crippen molar-refractivity contribution < 1.29 is 10.2 Å². The molecule has 1 aromatic carbocycles. The number of hydrogen-bond acceptors (Lipinski definition) is 3. The highest BCUT2D eigenvalue weighted by Crippen LogP contribution is 2.22. The summed E-state index contributed by atoms with van der Waals surface area (Å²) in [7, 11) is 1.94. The predicted octanol–water partition coefficient (Wildman–Crippen LogP) is 1.35. The van der Waals surface area contributed by atoms with E-state index in [1.165, 1.54) is 42.4 Å². The van der Waals surface area contributed by atoms with Gasteiger partial charge in [-0.1, -0.05) is 18.2 Å². The summed E-state index contributed by atoms with van der Waals surface area (Å²) in [5.74, 6) is 0. The van der Waals surface area contributed by atoms with Crippen LogP contribution in [0.1, 0.15) is 29.5 Å². The molecule has 0 bridgehead atoms. The lowest BCUT2D eigenvalue weighted by Gasteiger charge is -2.25. The van der Waals surface area contributed by atoms with Crippen LogP contribution in [-0.2, 0) is 19.4 Å². The Labute approximate surface area is 109 Å². The van der Waals surface area contributed by atoms with Crippen molar-refractivity contribution in [3.63, 3.8) is 0 Å². The summed E-state index contributed by atoms with van der Waals surface area (Å²) in [4.78, 5) is 2.00. The Balaban J connectivity index is 2.05. The van der Waals surface area contributed by atoms with E-state index < -0.39 is 0 Å². The standard InChI is InChI=1S/C15H23NO2/c1-16(15(10-17)11-18)9-12-6-7-13-4-2-3-5-14(13)8-12/h6-8,15,17-18H,2-5,9-11H2,1H3. The average molecular weight is 249 g/mol. The lowest BCUT2D eigenvalue weighted by atomic mass is 9.90. The third-order valence-electron chi connectivity index (χ3n) is 3.89. The van der Waals surface area contributed by atoms with E-state index in [1.807, 2.05) is 11.9 Å². The number of hydrogen-bond donors (Lipinski definition) is 2. The molecule has 3 heteroatoms. The Morgan fingerprint density at radius 1 is 1.11 bits per heavy atom. The van der Waals surface area contributed by atoms with Crippen molar-refractivity contribution in [2.45, 2.75) is 38.3 Å². The van der Waals surface area contributed by atoms with Crippen LogP contribution in [0.3, 0.4) is 0 Å². The van der Waals surface area contributed by atoms with Crippen LogP contribution in [0.4, 0.5) is 0 Å². The molecule has 0 saturated carbocycles. The Hall–Kier alpha value is -0.900. The molecule has 0 aromatic heterocycles. The zero-order valence-corrected chi connectivity index (χ0v) is 11.1. The smallest absolute Gasteiger partial charge is 0.0609 e. The highest BCUT2D eigenvalue weighted by atomic mass is 16.3. The number of aryl methyl sites for hydroxylation is 2. The van der Waals surface area contributed by atoms with E-state index in [0.29, 0.717) is 0 Å². The van der Waals surface area contributed by atoms with Gasteiger partial charge in [0.25, 0.3) is 0 Å². The number of nitrogens with zero attached hydrogens (tertiary/aromatic N) is 1. The van der Waals surface area contributed by atoms with E-state index in [2.05, 4.69) is 18.2 Å². The average Bonchev–Trinajstić information content (AvgIpc) is 2.40. The molecule has 0 aliphatic heterocycles. The second kappa shape index (κ2) is 6.32. The Bertz CT molecular complexity index is 388. The molecule has 2 rings (SSSR count). The van der Waals surface area contributed by atoms with Gasteiger partial charge >= 0.3 is 0 Å². The number of fused-ring (bicyclic) bond motifs is 1. The van der Waals surface area contributed by atoms with E-state index >= 15 is 0 Å². The minimum Gasteiger partial charge on any atom is -0.395 e.